The van der Waals surface area contributed by atoms with E-state index in [4.69, 9.17) is 9.47 Å². The zero-order valence-electron chi connectivity index (χ0n) is 89.3. The van der Waals surface area contributed by atoms with E-state index >= 15 is 0 Å². The Balaban J connectivity index is 0.000000131. The summed E-state index contributed by atoms with van der Waals surface area (Å²) < 4.78 is 24.3. The third-order valence-electron chi connectivity index (χ3n) is 30.9. The average Bonchev–Trinajstić information content (AvgIpc) is 1.57. The van der Waals surface area contributed by atoms with Gasteiger partial charge in [-0.25, -0.2) is 27.5 Å². The molecule has 0 aromatic heterocycles. The van der Waals surface area contributed by atoms with Gasteiger partial charge in [0, 0.05) is 192 Å². The number of morpholine rings is 2. The van der Waals surface area contributed by atoms with Crippen LogP contribution < -0.4 is 29.4 Å². The molecule has 0 radical (unpaired) electrons. The smallest absolute Gasteiger partial charge is 0.166 e. The van der Waals surface area contributed by atoms with Crippen LogP contribution in [0.3, 0.4) is 0 Å². The number of para-hydroxylation sites is 6. The van der Waals surface area contributed by atoms with E-state index in [0.29, 0.717) is 0 Å². The molecule has 5 unspecified atom stereocenters. The lowest BCUT2D eigenvalue weighted by Crippen LogP contribution is -2.35. The number of nitrogens with zero attached hydrogens (tertiary/aromatic N) is 12. The van der Waals surface area contributed by atoms with Crippen LogP contribution in [-0.4, -0.2) is 215 Å². The molecule has 0 amide bonds. The predicted octanol–water partition coefficient (Wildman–Crippen LogP) is 23.4. The SMILES string of the molecule is C=CCC1(C)C(=CC=[N+](C)C)N(C)c2ccccc21.CCCC1(C)C(=CC=[N+]2CCOCC2)N(C)c2ccccc21.CN1C(=CC=[N+](C)C)C(C)(Cc2ccccc2)c2ccccc21.CN1C(=CC=[N+](C)C)C(Cc2ccccc2)(Cc2ccccc2)c2ccccc21.CN1C(=CC=[N+]2CCCC2)C(C)(Cc2ccccc2)c2ccccc21.CN1C(=CC=[N+]2CCOCC2)C(C)(Cc2ccccc2)c2ccccc21. The van der Waals surface area contributed by atoms with Crippen LogP contribution in [0.5, 0.6) is 0 Å². The standard InChI is InChI=1S/C27H29N2.C23H27N2O.C23H27N2.C21H25N2.C19H27N2O.C17H23N2/c1-28(2)19-18-26-27(20-22-12-6-4-7-13-22,21-23-14-8-5-9-15-23)24-16-10-11-17-25(24)29(26)3;1-23(18-19-8-4-3-5-9-19)20-10-6-7-11-21(20)24(2)22(23)12-13-25-14-16-26-17-15-25;1-23(18-19-10-4-3-5-11-19)20-12-6-7-13-21(20)24(2)22(23)14-17-25-15-8-9-16-25;1-21(16-17-10-6-5-7-11-17)18-12-8-9-13-19(18)23(4)20(21)14-15-22(2)3;1-4-10-19(2)16-7-5-6-8-17(16)20(3)18(19)9-11-21-12-14-22-15-13-21;1-6-12-17(2)14-9-7-8-10-15(14)19(5)16(17)11-13-18(3)4/h4-19H,20-21H2,1-3H3;3-13H,14-18H2,1-2H3;3-7,10-14,17H,8-9,15-16,18H2,1-2H3;5-15H,16H2,1-4H3;5-9,11H,4,10,12-15H2,1-3H3;6-11,13H,1,12H2,2-5H3/q6*+1. The number of fused-ring (bicyclic) bond motifs is 6. The van der Waals surface area contributed by atoms with Crippen molar-refractivity contribution in [1.82, 2.24) is 0 Å². The number of likely N-dealkylation sites (N-methyl/N-ethyl adjacent to an activating group) is 6. The second-order valence-corrected chi connectivity index (χ2v) is 41.9. The molecule has 0 spiro atoms. The van der Waals surface area contributed by atoms with E-state index in [9.17, 15) is 0 Å². The fourth-order valence-electron chi connectivity index (χ4n) is 23.6. The minimum atomic E-state index is -0.111. The highest BCUT2D eigenvalue weighted by molar-refractivity contribution is 5.84. The summed E-state index contributed by atoms with van der Waals surface area (Å²) >= 11 is 0. The van der Waals surface area contributed by atoms with E-state index < -0.39 is 0 Å². The molecule has 0 N–H and O–H groups in total. The number of ether oxygens (including phenoxy) is 2. The number of hydrogen-bond acceptors (Lipinski definition) is 8. The summed E-state index contributed by atoms with van der Waals surface area (Å²) in [6, 6.07) is 107. The van der Waals surface area contributed by atoms with Gasteiger partial charge in [0.2, 0.25) is 0 Å². The van der Waals surface area contributed by atoms with E-state index in [1.54, 1.807) is 0 Å². The first-order valence-electron chi connectivity index (χ1n) is 52.2. The van der Waals surface area contributed by atoms with Gasteiger partial charge in [0.05, 0.1) is 0 Å². The van der Waals surface area contributed by atoms with Crippen molar-refractivity contribution in [3.8, 4) is 0 Å². The summed E-state index contributed by atoms with van der Waals surface area (Å²) in [6.07, 6.45) is 39.9. The van der Waals surface area contributed by atoms with Crippen molar-refractivity contribution in [2.24, 2.45) is 0 Å². The van der Waals surface area contributed by atoms with E-state index in [2.05, 4.69) is 546 Å². The fraction of sp³-hybridized carbons (Fsp3) is 0.338. The molecule has 5 atom stereocenters. The van der Waals surface area contributed by atoms with Gasteiger partial charge in [0.25, 0.3) is 0 Å². The Bertz CT molecular complexity index is 6580. The van der Waals surface area contributed by atoms with Crippen LogP contribution in [0.25, 0.3) is 0 Å². The van der Waals surface area contributed by atoms with Crippen LogP contribution in [0.15, 0.2) is 381 Å². The van der Waals surface area contributed by atoms with Crippen LogP contribution in [0.4, 0.5) is 34.1 Å². The first kappa shape index (κ1) is 105. The lowest BCUT2D eigenvalue weighted by atomic mass is 9.70. The van der Waals surface area contributed by atoms with Gasteiger partial charge in [-0.2, -0.15) is 0 Å². The van der Waals surface area contributed by atoms with Crippen molar-refractivity contribution >= 4 is 71.4 Å². The summed E-state index contributed by atoms with van der Waals surface area (Å²) in [5.41, 5.74) is 31.4. The van der Waals surface area contributed by atoms with Crippen molar-refractivity contribution in [2.75, 3.05) is 180 Å². The van der Waals surface area contributed by atoms with Gasteiger partial charge in [-0.15, -0.1) is 6.58 Å². The van der Waals surface area contributed by atoms with Gasteiger partial charge in [0.15, 0.2) is 63.5 Å². The Morgan fingerprint density at radius 3 is 0.806 bits per heavy atom. The van der Waals surface area contributed by atoms with Gasteiger partial charge in [-0.1, -0.05) is 280 Å². The maximum atomic E-state index is 5.47. The topological polar surface area (TPSA) is 56.0 Å². The first-order chi connectivity index (χ1) is 69.7. The molecule has 9 aliphatic rings. The quantitative estimate of drug-likeness (QED) is 0.0425. The van der Waals surface area contributed by atoms with E-state index in [1.807, 2.05) is 20.2 Å². The summed E-state index contributed by atoms with van der Waals surface area (Å²) in [4.78, 5) is 14.1. The number of allylic oxidation sites excluding steroid dienone is 13. The molecular formula is C130H158N12O2+6. The highest BCUT2D eigenvalue weighted by atomic mass is 16.5. The Kier molecular flexibility index (Phi) is 34.7. The number of hydrogen-bond donors (Lipinski definition) is 0. The maximum Gasteiger partial charge on any atom is 0.166 e. The Labute approximate surface area is 862 Å². The van der Waals surface area contributed by atoms with Crippen LogP contribution in [0, 0.1) is 0 Å². The first-order valence-corrected chi connectivity index (χ1v) is 52.2. The van der Waals surface area contributed by atoms with Gasteiger partial charge in [0.1, 0.15) is 81.8 Å². The second kappa shape index (κ2) is 47.7. The zero-order chi connectivity index (χ0) is 102. The predicted molar refractivity (Wildman–Crippen MR) is 610 cm³/mol. The Morgan fingerprint density at radius 2 is 0.507 bits per heavy atom. The highest BCUT2D eigenvalue weighted by Gasteiger charge is 2.49. The number of rotatable bonds is 20. The monoisotopic (exact) mass is 1920 g/mol. The van der Waals surface area contributed by atoms with Crippen molar-refractivity contribution in [1.29, 1.82) is 0 Å². The van der Waals surface area contributed by atoms with Gasteiger partial charge < -0.3 is 38.9 Å². The molecular weight excluding hydrogens is 1760 g/mol. The molecule has 14 heteroatoms. The molecule has 0 aliphatic carbocycles. The van der Waals surface area contributed by atoms with E-state index in [1.165, 1.54) is 168 Å². The normalized spacial score (nSPS) is 22.2. The summed E-state index contributed by atoms with van der Waals surface area (Å²) in [5.74, 6) is 0. The van der Waals surface area contributed by atoms with Crippen molar-refractivity contribution < 1.29 is 36.9 Å². The molecule has 3 fully saturated rings. The molecule has 144 heavy (non-hydrogen) atoms. The van der Waals surface area contributed by atoms with Crippen LogP contribution >= 0.6 is 0 Å². The molecule has 9 heterocycles. The third-order valence-corrected chi connectivity index (χ3v) is 30.9. The zero-order valence-corrected chi connectivity index (χ0v) is 89.3. The Hall–Kier alpha value is -13.7. The highest BCUT2D eigenvalue weighted by Crippen LogP contribution is 2.56. The lowest BCUT2D eigenvalue weighted by Gasteiger charge is -2.33. The molecule has 11 aromatic rings. The maximum absolute atomic E-state index is 5.47. The van der Waals surface area contributed by atoms with Gasteiger partial charge in [-0.05, 0) is 177 Å². The third kappa shape index (κ3) is 23.4. The molecule has 11 aromatic carbocycles. The van der Waals surface area contributed by atoms with Crippen molar-refractivity contribution in [2.45, 2.75) is 138 Å². The molecule has 9 aliphatic heterocycles. The molecule has 0 saturated carbocycles. The average molecular weight is 1920 g/mol. The largest absolute Gasteiger partial charge is 0.368 e. The van der Waals surface area contributed by atoms with E-state index in [0.717, 1.165) is 91.1 Å². The summed E-state index contributed by atoms with van der Waals surface area (Å²) in [5, 5.41) is 0. The minimum absolute atomic E-state index is 0.00290. The molecule has 744 valence electrons. The fourth-order valence-corrected chi connectivity index (χ4v) is 23.6. The molecule has 3 saturated heterocycles. The van der Waals surface area contributed by atoms with Crippen molar-refractivity contribution in [3.63, 3.8) is 0 Å². The Morgan fingerprint density at radius 1 is 0.278 bits per heavy atom. The summed E-state index contributed by atoms with van der Waals surface area (Å²) in [6.45, 7) is 27.6. The van der Waals surface area contributed by atoms with Crippen LogP contribution in [0.2, 0.25) is 0 Å². The van der Waals surface area contributed by atoms with Crippen LogP contribution in [-0.2, 0) is 74.1 Å². The van der Waals surface area contributed by atoms with Crippen molar-refractivity contribution in [3.05, 3.63) is 442 Å². The molecule has 14 nitrogen and oxygen atoms in total. The second-order valence-electron chi connectivity index (χ2n) is 41.9. The molecule has 0 bridgehead atoms. The number of benzene rings is 11. The van der Waals surface area contributed by atoms with E-state index in [-0.39, 0.29) is 32.5 Å². The van der Waals surface area contributed by atoms with Gasteiger partial charge >= 0.3 is 0 Å². The van der Waals surface area contributed by atoms with Crippen LogP contribution in [0.1, 0.15) is 135 Å². The van der Waals surface area contributed by atoms with Gasteiger partial charge in [-0.3, -0.25) is 0 Å². The minimum Gasteiger partial charge on any atom is -0.368 e. The lowest BCUT2D eigenvalue weighted by molar-refractivity contribution is -0.544. The number of anilines is 6. The summed E-state index contributed by atoms with van der Waals surface area (Å²) in [7, 11) is 25.5. The molecule has 20 rings (SSSR count).